The normalized spacial score (nSPS) is 30.3. The molecule has 0 aromatic heterocycles. The zero-order valence-electron chi connectivity index (χ0n) is 16.0. The molecule has 27 heavy (non-hydrogen) atoms. The molecule has 1 saturated carbocycles. The minimum Gasteiger partial charge on any atom is -0.465 e. The Balaban J connectivity index is 1.41. The molecule has 2 aliphatic heterocycles. The van der Waals surface area contributed by atoms with Crippen LogP contribution in [0.4, 0.5) is 10.5 Å². The molecule has 3 aliphatic rings. The molecule has 2 heterocycles. The van der Waals surface area contributed by atoms with Gasteiger partial charge in [0.05, 0.1) is 5.41 Å². The number of amides is 2. The maximum atomic E-state index is 12.7. The van der Waals surface area contributed by atoms with E-state index in [1.807, 2.05) is 25.1 Å². The fourth-order valence-corrected chi connectivity index (χ4v) is 5.36. The minimum atomic E-state index is -0.800. The fraction of sp³-hybridized carbons (Fsp3) is 0.619. The van der Waals surface area contributed by atoms with Crippen LogP contribution in [0.3, 0.4) is 0 Å². The average Bonchev–Trinajstić information content (AvgIpc) is 3.25. The summed E-state index contributed by atoms with van der Waals surface area (Å²) in [6, 6.07) is 8.64. The summed E-state index contributed by atoms with van der Waals surface area (Å²) in [5.74, 6) is 0.154. The van der Waals surface area contributed by atoms with Crippen LogP contribution in [-0.2, 0) is 10.2 Å². The van der Waals surface area contributed by atoms with Gasteiger partial charge < -0.3 is 15.3 Å². The number of likely N-dealkylation sites (tertiary alicyclic amines) is 1. The molecule has 4 rings (SSSR count). The number of anilines is 1. The number of rotatable bonds is 4. The number of benzene rings is 1. The summed E-state index contributed by atoms with van der Waals surface area (Å²) in [7, 11) is 0. The van der Waals surface area contributed by atoms with Crippen LogP contribution in [0.25, 0.3) is 0 Å². The molecule has 6 nitrogen and oxygen atoms in total. The number of fused-ring (bicyclic) bond motifs is 2. The molecule has 1 aliphatic carbocycles. The molecule has 0 bridgehead atoms. The van der Waals surface area contributed by atoms with Gasteiger partial charge in [-0.05, 0) is 50.2 Å². The van der Waals surface area contributed by atoms with Crippen molar-refractivity contribution >= 4 is 17.7 Å². The van der Waals surface area contributed by atoms with E-state index in [0.717, 1.165) is 62.9 Å². The summed E-state index contributed by atoms with van der Waals surface area (Å²) < 4.78 is 0. The highest BCUT2D eigenvalue weighted by molar-refractivity contribution is 6.06. The highest BCUT2D eigenvalue weighted by Crippen LogP contribution is 2.48. The Morgan fingerprint density at radius 2 is 2.04 bits per heavy atom. The summed E-state index contributed by atoms with van der Waals surface area (Å²) in [4.78, 5) is 28.3. The third kappa shape index (κ3) is 3.10. The Bertz CT molecular complexity index is 727. The molecular formula is C21H29N3O3. The summed E-state index contributed by atoms with van der Waals surface area (Å²) in [6.07, 6.45) is 4.70. The zero-order valence-corrected chi connectivity index (χ0v) is 16.0. The lowest BCUT2D eigenvalue weighted by Crippen LogP contribution is -2.46. The van der Waals surface area contributed by atoms with Crippen molar-refractivity contribution in [2.45, 2.75) is 62.9 Å². The lowest BCUT2D eigenvalue weighted by molar-refractivity contribution is -0.122. The van der Waals surface area contributed by atoms with Crippen molar-refractivity contribution < 1.29 is 14.7 Å². The van der Waals surface area contributed by atoms with Crippen LogP contribution in [0.15, 0.2) is 24.3 Å². The molecule has 1 atom stereocenters. The van der Waals surface area contributed by atoms with E-state index in [4.69, 9.17) is 0 Å². The molecule has 0 radical (unpaired) electrons. The lowest BCUT2D eigenvalue weighted by Gasteiger charge is -2.39. The molecule has 6 heteroatoms. The Labute approximate surface area is 160 Å². The topological polar surface area (TPSA) is 72.9 Å². The average molecular weight is 371 g/mol. The number of hydrogen-bond acceptors (Lipinski definition) is 3. The molecule has 146 valence electrons. The van der Waals surface area contributed by atoms with E-state index < -0.39 is 6.09 Å². The number of carbonyl (C=O) groups is 2. The van der Waals surface area contributed by atoms with Gasteiger partial charge in [-0.25, -0.2) is 4.79 Å². The van der Waals surface area contributed by atoms with Gasteiger partial charge >= 0.3 is 6.09 Å². The van der Waals surface area contributed by atoms with Gasteiger partial charge in [-0.1, -0.05) is 25.1 Å². The van der Waals surface area contributed by atoms with Crippen molar-refractivity contribution in [2.75, 3.05) is 25.0 Å². The maximum absolute atomic E-state index is 12.7. The maximum Gasteiger partial charge on any atom is 0.407 e. The second kappa shape index (κ2) is 7.15. The number of carboxylic acid groups (broad SMARTS) is 1. The number of nitrogens with one attached hydrogen (secondary N) is 1. The lowest BCUT2D eigenvalue weighted by atomic mass is 9.68. The SMILES string of the molecule is CCCN(C(=O)O)[C@@H]1CCN(C2CCC3(CC2)C(=O)Nc2ccccc23)C1. The molecule has 1 saturated heterocycles. The first-order valence-electron chi connectivity index (χ1n) is 10.2. The molecule has 1 aromatic carbocycles. The predicted molar refractivity (Wildman–Crippen MR) is 104 cm³/mol. The molecule has 2 amide bonds. The van der Waals surface area contributed by atoms with E-state index in [1.165, 1.54) is 0 Å². The van der Waals surface area contributed by atoms with Crippen molar-refractivity contribution in [3.8, 4) is 0 Å². The third-order valence-electron chi connectivity index (χ3n) is 6.80. The van der Waals surface area contributed by atoms with Gasteiger partial charge in [0.1, 0.15) is 0 Å². The Morgan fingerprint density at radius 3 is 2.74 bits per heavy atom. The molecule has 0 unspecified atom stereocenters. The predicted octanol–water partition coefficient (Wildman–Crippen LogP) is 3.28. The largest absolute Gasteiger partial charge is 0.465 e. The second-order valence-electron chi connectivity index (χ2n) is 8.23. The van der Waals surface area contributed by atoms with Crippen LogP contribution in [0.1, 0.15) is 51.0 Å². The molecule has 2 fully saturated rings. The quantitative estimate of drug-likeness (QED) is 0.852. The minimum absolute atomic E-state index is 0.105. The van der Waals surface area contributed by atoms with Gasteiger partial charge in [-0.15, -0.1) is 0 Å². The van der Waals surface area contributed by atoms with Gasteiger partial charge in [-0.2, -0.15) is 0 Å². The smallest absolute Gasteiger partial charge is 0.407 e. The number of para-hydroxylation sites is 1. The van der Waals surface area contributed by atoms with Crippen molar-refractivity contribution in [3.63, 3.8) is 0 Å². The van der Waals surface area contributed by atoms with Crippen LogP contribution >= 0.6 is 0 Å². The van der Waals surface area contributed by atoms with Crippen molar-refractivity contribution in [3.05, 3.63) is 29.8 Å². The van der Waals surface area contributed by atoms with Gasteiger partial charge in [0.15, 0.2) is 0 Å². The Kier molecular flexibility index (Phi) is 4.84. The molecule has 2 N–H and O–H groups in total. The van der Waals surface area contributed by atoms with Crippen LogP contribution in [0.5, 0.6) is 0 Å². The third-order valence-corrected chi connectivity index (χ3v) is 6.80. The summed E-state index contributed by atoms with van der Waals surface area (Å²) in [6.45, 7) is 4.41. The number of nitrogens with zero attached hydrogens (tertiary/aromatic N) is 2. The summed E-state index contributed by atoms with van der Waals surface area (Å²) in [5.41, 5.74) is 1.77. The standard InChI is InChI=1S/C21H29N3O3/c1-2-12-24(20(26)27)16-9-13-23(14-16)15-7-10-21(11-8-15)17-5-3-4-6-18(17)22-19(21)25/h3-6,15-16H,2,7-14H2,1H3,(H,22,25)(H,26,27)/t15?,16-,21?/m1/s1. The fourth-order valence-electron chi connectivity index (χ4n) is 5.36. The van der Waals surface area contributed by atoms with E-state index in [0.29, 0.717) is 12.6 Å². The van der Waals surface area contributed by atoms with Gasteiger partial charge in [0.25, 0.3) is 0 Å². The highest BCUT2D eigenvalue weighted by Gasteiger charge is 2.49. The number of carbonyl (C=O) groups excluding carboxylic acids is 1. The first-order valence-corrected chi connectivity index (χ1v) is 10.2. The molecular weight excluding hydrogens is 342 g/mol. The van der Waals surface area contributed by atoms with E-state index in [1.54, 1.807) is 4.90 Å². The van der Waals surface area contributed by atoms with Gasteiger partial charge in [0.2, 0.25) is 5.91 Å². The zero-order chi connectivity index (χ0) is 19.0. The van der Waals surface area contributed by atoms with E-state index in [-0.39, 0.29) is 17.4 Å². The summed E-state index contributed by atoms with van der Waals surface area (Å²) in [5, 5.41) is 12.6. The number of hydrogen-bond donors (Lipinski definition) is 2. The van der Waals surface area contributed by atoms with E-state index >= 15 is 0 Å². The van der Waals surface area contributed by atoms with Crippen LogP contribution < -0.4 is 5.32 Å². The van der Waals surface area contributed by atoms with E-state index in [2.05, 4.69) is 16.3 Å². The van der Waals surface area contributed by atoms with Crippen molar-refractivity contribution in [2.24, 2.45) is 0 Å². The Morgan fingerprint density at radius 1 is 1.30 bits per heavy atom. The monoisotopic (exact) mass is 371 g/mol. The molecule has 1 spiro atoms. The first-order chi connectivity index (χ1) is 13.0. The van der Waals surface area contributed by atoms with Gasteiger partial charge in [0, 0.05) is 37.4 Å². The highest BCUT2D eigenvalue weighted by atomic mass is 16.4. The van der Waals surface area contributed by atoms with Crippen molar-refractivity contribution in [1.29, 1.82) is 0 Å². The van der Waals surface area contributed by atoms with Crippen LogP contribution in [-0.4, -0.2) is 58.6 Å². The van der Waals surface area contributed by atoms with Crippen molar-refractivity contribution in [1.82, 2.24) is 9.80 Å². The second-order valence-corrected chi connectivity index (χ2v) is 8.23. The first kappa shape index (κ1) is 18.3. The van der Waals surface area contributed by atoms with E-state index in [9.17, 15) is 14.7 Å². The van der Waals surface area contributed by atoms with Crippen LogP contribution in [0, 0.1) is 0 Å². The molecule has 1 aromatic rings. The Hall–Kier alpha value is -2.08. The van der Waals surface area contributed by atoms with Crippen LogP contribution in [0.2, 0.25) is 0 Å². The summed E-state index contributed by atoms with van der Waals surface area (Å²) >= 11 is 0. The van der Waals surface area contributed by atoms with Gasteiger partial charge in [-0.3, -0.25) is 9.69 Å².